The summed E-state index contributed by atoms with van der Waals surface area (Å²) in [6, 6.07) is 4.78. The van der Waals surface area contributed by atoms with Crippen LogP contribution in [0.4, 0.5) is 0 Å². The van der Waals surface area contributed by atoms with Gasteiger partial charge in [-0.1, -0.05) is 0 Å². The number of methoxy groups -OCH3 is 2. The Hall–Kier alpha value is -2.31. The number of benzene rings is 1. The Labute approximate surface area is 109 Å². The first kappa shape index (κ1) is 14.7. The molecule has 7 heteroatoms. The van der Waals surface area contributed by atoms with Crippen LogP contribution in [0.1, 0.15) is 17.9 Å². The predicted octanol–water partition coefficient (Wildman–Crippen LogP) is 1.54. The molecule has 1 atom stereocenters. The maximum atomic E-state index is 10.8. The predicted molar refractivity (Wildman–Crippen MR) is 66.4 cm³/mol. The van der Waals surface area contributed by atoms with E-state index in [1.807, 2.05) is 0 Å². The Morgan fingerprint density at radius 3 is 2.21 bits per heavy atom. The minimum absolute atomic E-state index is 0.322. The standard InChI is InChI=1S/C12H15NO6/c1-18-10-3-8(4-11(6-10)19-2)9(5-12(14)15)7-13(16)17/h3-4,6,9H,5,7H2,1-2H3,(H,14,15)/t9-/m0/s1. The second kappa shape index (κ2) is 6.58. The van der Waals surface area contributed by atoms with Gasteiger partial charge >= 0.3 is 5.97 Å². The number of carbonyl (C=O) groups is 1. The van der Waals surface area contributed by atoms with Gasteiger partial charge in [-0.25, -0.2) is 0 Å². The third-order valence-electron chi connectivity index (χ3n) is 2.64. The molecule has 0 saturated heterocycles. The lowest BCUT2D eigenvalue weighted by Gasteiger charge is -2.14. The summed E-state index contributed by atoms with van der Waals surface area (Å²) in [4.78, 5) is 20.9. The zero-order valence-corrected chi connectivity index (χ0v) is 10.7. The Morgan fingerprint density at radius 2 is 1.84 bits per heavy atom. The molecule has 0 aromatic heterocycles. The minimum Gasteiger partial charge on any atom is -0.497 e. The zero-order valence-electron chi connectivity index (χ0n) is 10.7. The van der Waals surface area contributed by atoms with Gasteiger partial charge in [0.15, 0.2) is 0 Å². The van der Waals surface area contributed by atoms with Gasteiger partial charge in [0.2, 0.25) is 6.54 Å². The molecule has 0 unspecified atom stereocenters. The average Bonchev–Trinajstić information content (AvgIpc) is 2.36. The van der Waals surface area contributed by atoms with Crippen LogP contribution in [-0.4, -0.2) is 36.8 Å². The Kier molecular flexibility index (Phi) is 5.11. The molecule has 104 valence electrons. The fourth-order valence-corrected chi connectivity index (χ4v) is 1.74. The van der Waals surface area contributed by atoms with Crippen LogP contribution in [0.15, 0.2) is 18.2 Å². The van der Waals surface area contributed by atoms with Gasteiger partial charge in [0.05, 0.1) is 26.6 Å². The van der Waals surface area contributed by atoms with Crippen molar-refractivity contribution >= 4 is 5.97 Å². The molecular weight excluding hydrogens is 254 g/mol. The van der Waals surface area contributed by atoms with Crippen LogP contribution in [0, 0.1) is 10.1 Å². The van der Waals surface area contributed by atoms with Crippen LogP contribution in [-0.2, 0) is 4.79 Å². The van der Waals surface area contributed by atoms with Gasteiger partial charge in [0.1, 0.15) is 11.5 Å². The summed E-state index contributed by atoms with van der Waals surface area (Å²) in [7, 11) is 2.91. The summed E-state index contributed by atoms with van der Waals surface area (Å²) in [5.41, 5.74) is 0.510. The van der Waals surface area contributed by atoms with E-state index in [4.69, 9.17) is 14.6 Å². The number of ether oxygens (including phenoxy) is 2. The van der Waals surface area contributed by atoms with Crippen molar-refractivity contribution in [1.29, 1.82) is 0 Å². The average molecular weight is 269 g/mol. The molecule has 1 aromatic rings. The number of aliphatic carboxylic acids is 1. The monoisotopic (exact) mass is 269 g/mol. The molecule has 0 fully saturated rings. The number of hydrogen-bond donors (Lipinski definition) is 1. The lowest BCUT2D eigenvalue weighted by Crippen LogP contribution is -2.16. The van der Waals surface area contributed by atoms with Crippen molar-refractivity contribution in [1.82, 2.24) is 0 Å². The summed E-state index contributed by atoms with van der Waals surface area (Å²) >= 11 is 0. The summed E-state index contributed by atoms with van der Waals surface area (Å²) < 4.78 is 10.1. The Balaban J connectivity index is 3.12. The van der Waals surface area contributed by atoms with E-state index in [1.54, 1.807) is 18.2 Å². The summed E-state index contributed by atoms with van der Waals surface area (Å²) in [6.07, 6.45) is -0.322. The summed E-state index contributed by atoms with van der Waals surface area (Å²) in [5.74, 6) is -0.883. The SMILES string of the molecule is COc1cc(OC)cc([C@@H](CC(=O)O)C[N+](=O)[O-])c1. The van der Waals surface area contributed by atoms with Crippen molar-refractivity contribution in [2.24, 2.45) is 0 Å². The lowest BCUT2D eigenvalue weighted by molar-refractivity contribution is -0.483. The maximum absolute atomic E-state index is 10.8. The van der Waals surface area contributed by atoms with E-state index < -0.39 is 23.4 Å². The highest BCUT2D eigenvalue weighted by Crippen LogP contribution is 2.29. The van der Waals surface area contributed by atoms with Crippen LogP contribution in [0.25, 0.3) is 0 Å². The number of nitro groups is 1. The van der Waals surface area contributed by atoms with E-state index >= 15 is 0 Å². The van der Waals surface area contributed by atoms with Gasteiger partial charge < -0.3 is 14.6 Å². The van der Waals surface area contributed by atoms with Crippen molar-refractivity contribution in [2.75, 3.05) is 20.8 Å². The first-order chi connectivity index (χ1) is 8.96. The van der Waals surface area contributed by atoms with Crippen LogP contribution < -0.4 is 9.47 Å². The number of nitrogens with zero attached hydrogens (tertiary/aromatic N) is 1. The highest BCUT2D eigenvalue weighted by molar-refractivity contribution is 5.68. The molecule has 0 aliphatic carbocycles. The summed E-state index contributed by atoms with van der Waals surface area (Å²) in [5, 5.41) is 19.4. The third-order valence-corrected chi connectivity index (χ3v) is 2.64. The molecule has 0 aliphatic heterocycles. The van der Waals surface area contributed by atoms with Crippen LogP contribution >= 0.6 is 0 Å². The summed E-state index contributed by atoms with van der Waals surface area (Å²) in [6.45, 7) is -0.456. The molecule has 1 N–H and O–H groups in total. The second-order valence-electron chi connectivity index (χ2n) is 3.96. The fourth-order valence-electron chi connectivity index (χ4n) is 1.74. The normalized spacial score (nSPS) is 11.7. The molecule has 7 nitrogen and oxygen atoms in total. The quantitative estimate of drug-likeness (QED) is 0.595. The second-order valence-corrected chi connectivity index (χ2v) is 3.96. The highest BCUT2D eigenvalue weighted by atomic mass is 16.6. The maximum Gasteiger partial charge on any atom is 0.304 e. The van der Waals surface area contributed by atoms with Gasteiger partial charge in [0.25, 0.3) is 0 Å². The van der Waals surface area contributed by atoms with Crippen molar-refractivity contribution in [3.8, 4) is 11.5 Å². The van der Waals surface area contributed by atoms with E-state index in [1.165, 1.54) is 14.2 Å². The van der Waals surface area contributed by atoms with Gasteiger partial charge in [-0.15, -0.1) is 0 Å². The molecule has 0 aliphatic rings. The number of carboxylic acid groups (broad SMARTS) is 1. The van der Waals surface area contributed by atoms with E-state index in [0.29, 0.717) is 17.1 Å². The molecule has 0 amide bonds. The van der Waals surface area contributed by atoms with Crippen molar-refractivity contribution < 1.29 is 24.3 Å². The smallest absolute Gasteiger partial charge is 0.304 e. The van der Waals surface area contributed by atoms with E-state index in [9.17, 15) is 14.9 Å². The van der Waals surface area contributed by atoms with E-state index in [-0.39, 0.29) is 6.42 Å². The van der Waals surface area contributed by atoms with Crippen LogP contribution in [0.2, 0.25) is 0 Å². The lowest BCUT2D eigenvalue weighted by atomic mass is 9.95. The van der Waals surface area contributed by atoms with Crippen molar-refractivity contribution in [2.45, 2.75) is 12.3 Å². The first-order valence-corrected chi connectivity index (χ1v) is 5.52. The molecule has 0 spiro atoms. The van der Waals surface area contributed by atoms with Gasteiger partial charge in [-0.3, -0.25) is 14.9 Å². The molecule has 1 rings (SSSR count). The molecule has 0 bridgehead atoms. The molecule has 0 heterocycles. The minimum atomic E-state index is -1.09. The molecule has 0 saturated carbocycles. The number of rotatable bonds is 7. The van der Waals surface area contributed by atoms with Crippen LogP contribution in [0.3, 0.4) is 0 Å². The zero-order chi connectivity index (χ0) is 14.4. The van der Waals surface area contributed by atoms with Gasteiger partial charge in [0, 0.05) is 11.0 Å². The molecular formula is C12H15NO6. The molecule has 19 heavy (non-hydrogen) atoms. The first-order valence-electron chi connectivity index (χ1n) is 5.52. The molecule has 0 radical (unpaired) electrons. The highest BCUT2D eigenvalue weighted by Gasteiger charge is 2.22. The molecule has 1 aromatic carbocycles. The van der Waals surface area contributed by atoms with Gasteiger partial charge in [-0.2, -0.15) is 0 Å². The van der Waals surface area contributed by atoms with Crippen LogP contribution in [0.5, 0.6) is 11.5 Å². The number of carboxylic acids is 1. The Morgan fingerprint density at radius 1 is 1.32 bits per heavy atom. The van der Waals surface area contributed by atoms with Crippen molar-refractivity contribution in [3.05, 3.63) is 33.9 Å². The van der Waals surface area contributed by atoms with Gasteiger partial charge in [-0.05, 0) is 17.7 Å². The number of hydrogen-bond acceptors (Lipinski definition) is 5. The third kappa shape index (κ3) is 4.46. The fraction of sp³-hybridized carbons (Fsp3) is 0.417. The largest absolute Gasteiger partial charge is 0.497 e. The topological polar surface area (TPSA) is 98.9 Å². The van der Waals surface area contributed by atoms with Crippen molar-refractivity contribution in [3.63, 3.8) is 0 Å². The van der Waals surface area contributed by atoms with E-state index in [2.05, 4.69) is 0 Å². The van der Waals surface area contributed by atoms with E-state index in [0.717, 1.165) is 0 Å². The Bertz CT molecular complexity index is 435.